The highest BCUT2D eigenvalue weighted by molar-refractivity contribution is 9.10. The molecule has 2 rings (SSSR count). The van der Waals surface area contributed by atoms with Crippen LogP contribution in [0.4, 0.5) is 0 Å². The van der Waals surface area contributed by atoms with E-state index < -0.39 is 0 Å². The first-order chi connectivity index (χ1) is 11.1. The summed E-state index contributed by atoms with van der Waals surface area (Å²) in [7, 11) is 1.63. The van der Waals surface area contributed by atoms with Gasteiger partial charge in [-0.3, -0.25) is 4.79 Å². The number of pyridine rings is 1. The van der Waals surface area contributed by atoms with Crippen LogP contribution in [-0.4, -0.2) is 31.2 Å². The van der Waals surface area contributed by atoms with Crippen LogP contribution in [-0.2, 0) is 11.3 Å². The first kappa shape index (κ1) is 17.7. The van der Waals surface area contributed by atoms with Gasteiger partial charge in [0.05, 0.1) is 12.2 Å². The number of methoxy groups -OCH3 is 1. The third-order valence-corrected chi connectivity index (χ3v) is 3.72. The van der Waals surface area contributed by atoms with Gasteiger partial charge in [-0.15, -0.1) is 0 Å². The van der Waals surface area contributed by atoms with Crippen LogP contribution in [0.2, 0.25) is 5.15 Å². The molecule has 122 valence electrons. The van der Waals surface area contributed by atoms with Gasteiger partial charge in [0.15, 0.2) is 0 Å². The first-order valence-electron chi connectivity index (χ1n) is 6.90. The quantitative estimate of drug-likeness (QED) is 0.572. The molecule has 0 spiro atoms. The number of benzene rings is 1. The second kappa shape index (κ2) is 8.86. The van der Waals surface area contributed by atoms with Gasteiger partial charge in [0, 0.05) is 24.3 Å². The Kier molecular flexibility index (Phi) is 6.83. The van der Waals surface area contributed by atoms with Gasteiger partial charge in [-0.05, 0) is 39.7 Å². The molecule has 1 aromatic heterocycles. The van der Waals surface area contributed by atoms with Gasteiger partial charge in [-0.2, -0.15) is 0 Å². The molecule has 2 aromatic rings. The molecular weight excluding hydrogens is 384 g/mol. The van der Waals surface area contributed by atoms with Crippen molar-refractivity contribution in [2.75, 3.05) is 20.3 Å². The van der Waals surface area contributed by atoms with Crippen molar-refractivity contribution in [1.29, 1.82) is 0 Å². The number of ether oxygens (including phenoxy) is 2. The average molecular weight is 400 g/mol. The first-order valence-corrected chi connectivity index (χ1v) is 8.07. The van der Waals surface area contributed by atoms with E-state index >= 15 is 0 Å². The molecule has 7 heteroatoms. The lowest BCUT2D eigenvalue weighted by Crippen LogP contribution is -2.23. The Hall–Kier alpha value is -1.63. The molecule has 0 unspecified atom stereocenters. The maximum Gasteiger partial charge on any atom is 0.254 e. The summed E-state index contributed by atoms with van der Waals surface area (Å²) in [6.07, 6.45) is 1.54. The molecule has 0 radical (unpaired) electrons. The number of hydrogen-bond acceptors (Lipinski definition) is 4. The van der Waals surface area contributed by atoms with E-state index in [1.807, 2.05) is 24.3 Å². The zero-order chi connectivity index (χ0) is 16.7. The Labute approximate surface area is 148 Å². The lowest BCUT2D eigenvalue weighted by molar-refractivity contribution is 0.0950. The minimum atomic E-state index is -0.274. The standard InChI is InChI=1S/C16H16BrClN2O3/c1-22-6-7-23-13-4-2-11(3-5-13)9-20-16(21)14-8-12(17)10-19-15(14)18/h2-5,8,10H,6-7,9H2,1H3,(H,20,21). The molecule has 0 aliphatic heterocycles. The summed E-state index contributed by atoms with van der Waals surface area (Å²) in [6.45, 7) is 1.43. The maximum absolute atomic E-state index is 12.1. The monoisotopic (exact) mass is 398 g/mol. The molecule has 0 saturated heterocycles. The van der Waals surface area contributed by atoms with Crippen LogP contribution in [0.3, 0.4) is 0 Å². The van der Waals surface area contributed by atoms with Crippen molar-refractivity contribution in [3.8, 4) is 5.75 Å². The number of aromatic nitrogens is 1. The van der Waals surface area contributed by atoms with Gasteiger partial charge in [-0.1, -0.05) is 23.7 Å². The van der Waals surface area contributed by atoms with Crippen molar-refractivity contribution in [1.82, 2.24) is 10.3 Å². The maximum atomic E-state index is 12.1. The lowest BCUT2D eigenvalue weighted by Gasteiger charge is -2.08. The molecule has 1 aromatic carbocycles. The highest BCUT2D eigenvalue weighted by Gasteiger charge is 2.11. The largest absolute Gasteiger partial charge is 0.491 e. The molecular formula is C16H16BrClN2O3. The second-order valence-electron chi connectivity index (χ2n) is 4.66. The molecule has 0 bridgehead atoms. The number of carbonyl (C=O) groups excluding carboxylic acids is 1. The minimum absolute atomic E-state index is 0.174. The average Bonchev–Trinajstić information content (AvgIpc) is 2.56. The Morgan fingerprint density at radius 3 is 2.74 bits per heavy atom. The summed E-state index contributed by atoms with van der Waals surface area (Å²) in [5.41, 5.74) is 1.29. The molecule has 5 nitrogen and oxygen atoms in total. The number of nitrogens with one attached hydrogen (secondary N) is 1. The number of hydrogen-bond donors (Lipinski definition) is 1. The molecule has 1 N–H and O–H groups in total. The molecule has 0 saturated carbocycles. The fourth-order valence-corrected chi connectivity index (χ4v) is 2.33. The summed E-state index contributed by atoms with van der Waals surface area (Å²) < 4.78 is 11.1. The third kappa shape index (κ3) is 5.49. The fourth-order valence-electron chi connectivity index (χ4n) is 1.81. The van der Waals surface area contributed by atoms with E-state index in [2.05, 4.69) is 26.2 Å². The van der Waals surface area contributed by atoms with Crippen molar-refractivity contribution in [3.63, 3.8) is 0 Å². The molecule has 1 amide bonds. The van der Waals surface area contributed by atoms with E-state index in [4.69, 9.17) is 21.1 Å². The van der Waals surface area contributed by atoms with E-state index in [1.54, 1.807) is 19.4 Å². The van der Waals surface area contributed by atoms with E-state index in [-0.39, 0.29) is 11.1 Å². The van der Waals surface area contributed by atoms with Crippen LogP contribution < -0.4 is 10.1 Å². The van der Waals surface area contributed by atoms with E-state index in [9.17, 15) is 4.79 Å². The highest BCUT2D eigenvalue weighted by Crippen LogP contribution is 2.18. The fraction of sp³-hybridized carbons (Fsp3) is 0.250. The lowest BCUT2D eigenvalue weighted by atomic mass is 10.2. The van der Waals surface area contributed by atoms with E-state index in [1.165, 1.54) is 0 Å². The van der Waals surface area contributed by atoms with Crippen molar-refractivity contribution < 1.29 is 14.3 Å². The van der Waals surface area contributed by atoms with Crippen LogP contribution >= 0.6 is 27.5 Å². The Morgan fingerprint density at radius 2 is 2.04 bits per heavy atom. The smallest absolute Gasteiger partial charge is 0.254 e. The second-order valence-corrected chi connectivity index (χ2v) is 5.93. The van der Waals surface area contributed by atoms with Gasteiger partial charge >= 0.3 is 0 Å². The predicted octanol–water partition coefficient (Wildman–Crippen LogP) is 3.45. The molecule has 0 atom stereocenters. The molecule has 0 aliphatic rings. The zero-order valence-electron chi connectivity index (χ0n) is 12.5. The summed E-state index contributed by atoms with van der Waals surface area (Å²) >= 11 is 9.20. The predicted molar refractivity (Wildman–Crippen MR) is 91.9 cm³/mol. The topological polar surface area (TPSA) is 60.5 Å². The number of rotatable bonds is 7. The summed E-state index contributed by atoms with van der Waals surface area (Å²) in [5.74, 6) is 0.487. The van der Waals surface area contributed by atoms with Crippen molar-refractivity contribution in [2.24, 2.45) is 0 Å². The van der Waals surface area contributed by atoms with Gasteiger partial charge in [-0.25, -0.2) is 4.98 Å². The number of amides is 1. The third-order valence-electron chi connectivity index (χ3n) is 2.98. The van der Waals surface area contributed by atoms with E-state index in [0.29, 0.717) is 29.8 Å². The minimum Gasteiger partial charge on any atom is -0.491 e. The van der Waals surface area contributed by atoms with Crippen molar-refractivity contribution >= 4 is 33.4 Å². The van der Waals surface area contributed by atoms with Crippen LogP contribution in [0.25, 0.3) is 0 Å². The van der Waals surface area contributed by atoms with Crippen molar-refractivity contribution in [2.45, 2.75) is 6.54 Å². The van der Waals surface area contributed by atoms with Gasteiger partial charge in [0.1, 0.15) is 17.5 Å². The van der Waals surface area contributed by atoms with Crippen LogP contribution in [0, 0.1) is 0 Å². The normalized spacial score (nSPS) is 10.4. The van der Waals surface area contributed by atoms with Crippen LogP contribution in [0.5, 0.6) is 5.75 Å². The summed E-state index contributed by atoms with van der Waals surface area (Å²) in [4.78, 5) is 16.1. The molecule has 0 fully saturated rings. The number of carbonyl (C=O) groups is 1. The SMILES string of the molecule is COCCOc1ccc(CNC(=O)c2cc(Br)cnc2Cl)cc1. The van der Waals surface area contributed by atoms with Crippen molar-refractivity contribution in [3.05, 3.63) is 57.3 Å². The van der Waals surface area contributed by atoms with Gasteiger partial charge in [0.2, 0.25) is 0 Å². The number of nitrogens with zero attached hydrogens (tertiary/aromatic N) is 1. The molecule has 23 heavy (non-hydrogen) atoms. The van der Waals surface area contributed by atoms with Gasteiger partial charge in [0.25, 0.3) is 5.91 Å². The van der Waals surface area contributed by atoms with Gasteiger partial charge < -0.3 is 14.8 Å². The number of halogens is 2. The summed E-state index contributed by atoms with van der Waals surface area (Å²) in [5, 5.41) is 2.98. The van der Waals surface area contributed by atoms with Crippen LogP contribution in [0.1, 0.15) is 15.9 Å². The Morgan fingerprint density at radius 1 is 1.30 bits per heavy atom. The Bertz CT molecular complexity index is 665. The van der Waals surface area contributed by atoms with E-state index in [0.717, 1.165) is 11.3 Å². The van der Waals surface area contributed by atoms with Crippen LogP contribution in [0.15, 0.2) is 41.0 Å². The Balaban J connectivity index is 1.90. The highest BCUT2D eigenvalue weighted by atomic mass is 79.9. The molecule has 1 heterocycles. The summed E-state index contributed by atoms with van der Waals surface area (Å²) in [6, 6.07) is 9.12. The molecule has 0 aliphatic carbocycles. The zero-order valence-corrected chi connectivity index (χ0v) is 14.9.